The van der Waals surface area contributed by atoms with E-state index in [0.29, 0.717) is 28.7 Å². The van der Waals surface area contributed by atoms with Crippen molar-refractivity contribution in [3.05, 3.63) is 49.6 Å². The number of aromatic nitrogens is 4. The first-order valence-electron chi connectivity index (χ1n) is 9.56. The van der Waals surface area contributed by atoms with Crippen LogP contribution in [0.15, 0.2) is 27.8 Å². The summed E-state index contributed by atoms with van der Waals surface area (Å²) in [6, 6.07) is 5.76. The van der Waals surface area contributed by atoms with Crippen molar-refractivity contribution < 1.29 is 4.74 Å². The summed E-state index contributed by atoms with van der Waals surface area (Å²) in [5.74, 6) is 0.933. The van der Waals surface area contributed by atoms with Crippen LogP contribution in [0.3, 0.4) is 0 Å². The minimum absolute atomic E-state index is 0.200. The highest BCUT2D eigenvalue weighted by molar-refractivity contribution is 6.31. The molecule has 0 saturated heterocycles. The molecule has 3 heterocycles. The molecule has 29 heavy (non-hydrogen) atoms. The van der Waals surface area contributed by atoms with Gasteiger partial charge < -0.3 is 14.2 Å². The van der Waals surface area contributed by atoms with Crippen LogP contribution in [0.1, 0.15) is 12.5 Å². The van der Waals surface area contributed by atoms with Crippen LogP contribution in [0.2, 0.25) is 5.02 Å². The van der Waals surface area contributed by atoms with Crippen LogP contribution in [0, 0.1) is 12.8 Å². The predicted octanol–water partition coefficient (Wildman–Crippen LogP) is 2.29. The number of nitrogens with zero attached hydrogens (tertiary/aromatic N) is 5. The third-order valence-corrected chi connectivity index (χ3v) is 5.90. The second-order valence-electron chi connectivity index (χ2n) is 7.59. The van der Waals surface area contributed by atoms with E-state index in [2.05, 4.69) is 11.8 Å². The molecule has 0 radical (unpaired) electrons. The molecule has 1 aliphatic rings. The molecular weight excluding hydrogens is 394 g/mol. The summed E-state index contributed by atoms with van der Waals surface area (Å²) in [6.07, 6.45) is 0. The average Bonchev–Trinajstić information content (AvgIpc) is 3.07. The Morgan fingerprint density at radius 2 is 2.03 bits per heavy atom. The van der Waals surface area contributed by atoms with E-state index in [1.54, 1.807) is 14.2 Å². The lowest BCUT2D eigenvalue weighted by atomic mass is 10.1. The number of halogens is 1. The molecule has 0 spiro atoms. The Morgan fingerprint density at radius 3 is 2.76 bits per heavy atom. The maximum atomic E-state index is 13.2. The first-order chi connectivity index (χ1) is 13.8. The summed E-state index contributed by atoms with van der Waals surface area (Å²) in [6.45, 7) is 5.98. The molecule has 4 rings (SSSR count). The van der Waals surface area contributed by atoms with Crippen LogP contribution in [-0.2, 0) is 24.9 Å². The van der Waals surface area contributed by atoms with E-state index < -0.39 is 5.69 Å². The van der Waals surface area contributed by atoms with Crippen LogP contribution < -0.4 is 16.1 Å². The molecule has 0 bridgehead atoms. The van der Waals surface area contributed by atoms with E-state index in [4.69, 9.17) is 21.3 Å². The summed E-state index contributed by atoms with van der Waals surface area (Å²) in [4.78, 5) is 32.7. The lowest BCUT2D eigenvalue weighted by Gasteiger charge is -2.34. The quantitative estimate of drug-likeness (QED) is 0.651. The van der Waals surface area contributed by atoms with Crippen molar-refractivity contribution in [2.75, 3.05) is 25.2 Å². The second-order valence-corrected chi connectivity index (χ2v) is 7.99. The Bertz CT molecular complexity index is 1210. The van der Waals surface area contributed by atoms with E-state index in [1.165, 1.54) is 9.13 Å². The largest absolute Gasteiger partial charge is 0.383 e. The number of anilines is 2. The van der Waals surface area contributed by atoms with E-state index in [0.717, 1.165) is 17.8 Å². The van der Waals surface area contributed by atoms with Gasteiger partial charge in [0.25, 0.3) is 5.56 Å². The molecule has 0 N–H and O–H groups in total. The molecule has 1 unspecified atom stereocenters. The molecule has 1 aliphatic heterocycles. The fourth-order valence-electron chi connectivity index (χ4n) is 3.98. The van der Waals surface area contributed by atoms with Gasteiger partial charge in [-0.25, -0.2) is 4.79 Å². The third kappa shape index (κ3) is 3.07. The highest BCUT2D eigenvalue weighted by Crippen LogP contribution is 2.36. The highest BCUT2D eigenvalue weighted by atomic mass is 35.5. The predicted molar refractivity (Wildman–Crippen MR) is 113 cm³/mol. The summed E-state index contributed by atoms with van der Waals surface area (Å²) in [7, 11) is 3.19. The van der Waals surface area contributed by atoms with Gasteiger partial charge in [0.05, 0.1) is 13.2 Å². The number of rotatable bonds is 4. The lowest BCUT2D eigenvalue weighted by Crippen LogP contribution is -2.41. The monoisotopic (exact) mass is 417 g/mol. The number of hydrogen-bond acceptors (Lipinski definition) is 5. The van der Waals surface area contributed by atoms with Crippen LogP contribution in [-0.4, -0.2) is 38.9 Å². The first-order valence-corrected chi connectivity index (χ1v) is 9.94. The molecule has 1 aromatic carbocycles. The summed E-state index contributed by atoms with van der Waals surface area (Å²) >= 11 is 6.35. The Balaban J connectivity index is 2.00. The molecule has 154 valence electrons. The van der Waals surface area contributed by atoms with Gasteiger partial charge >= 0.3 is 5.69 Å². The molecule has 2 aromatic heterocycles. The fourth-order valence-corrected chi connectivity index (χ4v) is 4.15. The van der Waals surface area contributed by atoms with Crippen molar-refractivity contribution in [3.63, 3.8) is 0 Å². The number of ether oxygens (including phenoxy) is 1. The second kappa shape index (κ2) is 7.35. The minimum Gasteiger partial charge on any atom is -0.383 e. The van der Waals surface area contributed by atoms with Crippen molar-refractivity contribution in [3.8, 4) is 0 Å². The number of fused-ring (bicyclic) bond motifs is 3. The fraction of sp³-hybridized carbons (Fsp3) is 0.450. The molecule has 0 amide bonds. The van der Waals surface area contributed by atoms with Gasteiger partial charge in [0.1, 0.15) is 0 Å². The van der Waals surface area contributed by atoms with Gasteiger partial charge in [-0.05, 0) is 30.5 Å². The SMILES string of the molecule is COCCn1c(=O)c2c(nc3n2CC(C)CN3c2cccc(Cl)c2C)n(C)c1=O. The van der Waals surface area contributed by atoms with Gasteiger partial charge in [-0.3, -0.25) is 13.9 Å². The zero-order valence-corrected chi connectivity index (χ0v) is 17.7. The Hall–Kier alpha value is -2.58. The van der Waals surface area contributed by atoms with Crippen LogP contribution in [0.25, 0.3) is 11.2 Å². The molecule has 9 heteroatoms. The molecule has 0 fully saturated rings. The third-order valence-electron chi connectivity index (χ3n) is 5.49. The molecule has 3 aromatic rings. The standard InChI is InChI=1S/C20H24ClN5O3/c1-12-10-25(15-7-5-6-14(21)13(15)2)19-22-17-16(26(19)11-12)18(27)24(8-9-29-4)20(28)23(17)3/h5-7,12H,8-11H2,1-4H3. The van der Waals surface area contributed by atoms with E-state index >= 15 is 0 Å². The average molecular weight is 418 g/mol. The van der Waals surface area contributed by atoms with E-state index in [-0.39, 0.29) is 24.6 Å². The van der Waals surface area contributed by atoms with Crippen LogP contribution >= 0.6 is 11.6 Å². The zero-order valence-electron chi connectivity index (χ0n) is 17.0. The molecule has 0 aliphatic carbocycles. The molecular formula is C20H24ClN5O3. The number of methoxy groups -OCH3 is 1. The lowest BCUT2D eigenvalue weighted by molar-refractivity contribution is 0.184. The maximum absolute atomic E-state index is 13.2. The van der Waals surface area contributed by atoms with E-state index in [1.807, 2.05) is 29.7 Å². The van der Waals surface area contributed by atoms with Crippen molar-refractivity contribution in [1.29, 1.82) is 0 Å². The minimum atomic E-state index is -0.395. The Kier molecular flexibility index (Phi) is 5.00. The van der Waals surface area contributed by atoms with Crippen molar-refractivity contribution in [2.45, 2.75) is 26.9 Å². The number of benzene rings is 1. The molecule has 0 saturated carbocycles. The normalized spacial score (nSPS) is 16.4. The Morgan fingerprint density at radius 1 is 1.28 bits per heavy atom. The van der Waals surface area contributed by atoms with Gasteiger partial charge in [0.15, 0.2) is 11.2 Å². The number of imidazole rings is 1. The highest BCUT2D eigenvalue weighted by Gasteiger charge is 2.30. The van der Waals surface area contributed by atoms with Crippen LogP contribution in [0.4, 0.5) is 11.6 Å². The van der Waals surface area contributed by atoms with Crippen molar-refractivity contribution in [1.82, 2.24) is 18.7 Å². The number of aryl methyl sites for hydroxylation is 1. The van der Waals surface area contributed by atoms with E-state index in [9.17, 15) is 9.59 Å². The van der Waals surface area contributed by atoms with Crippen molar-refractivity contribution in [2.24, 2.45) is 13.0 Å². The summed E-state index contributed by atoms with van der Waals surface area (Å²) < 4.78 is 9.65. The topological polar surface area (TPSA) is 74.3 Å². The summed E-state index contributed by atoms with van der Waals surface area (Å²) in [5, 5.41) is 0.678. The van der Waals surface area contributed by atoms with Gasteiger partial charge in [-0.15, -0.1) is 0 Å². The zero-order chi connectivity index (χ0) is 20.9. The van der Waals surface area contributed by atoms with Gasteiger partial charge in [-0.2, -0.15) is 4.98 Å². The molecule has 8 nitrogen and oxygen atoms in total. The number of hydrogen-bond donors (Lipinski definition) is 0. The smallest absolute Gasteiger partial charge is 0.332 e. The Labute approximate surface area is 172 Å². The van der Waals surface area contributed by atoms with Gasteiger partial charge in [-0.1, -0.05) is 24.6 Å². The van der Waals surface area contributed by atoms with Gasteiger partial charge in [0.2, 0.25) is 5.95 Å². The van der Waals surface area contributed by atoms with Crippen molar-refractivity contribution >= 4 is 34.4 Å². The van der Waals surface area contributed by atoms with Gasteiger partial charge in [0, 0.05) is 38.0 Å². The van der Waals surface area contributed by atoms with Crippen LogP contribution in [0.5, 0.6) is 0 Å². The molecule has 1 atom stereocenters. The maximum Gasteiger partial charge on any atom is 0.332 e. The summed E-state index contributed by atoms with van der Waals surface area (Å²) in [5.41, 5.74) is 2.00. The first kappa shape index (κ1) is 19.7.